The van der Waals surface area contributed by atoms with Gasteiger partial charge in [-0.1, -0.05) is 34.1 Å². The molecule has 1 aromatic rings. The van der Waals surface area contributed by atoms with Crippen molar-refractivity contribution in [1.29, 1.82) is 0 Å². The van der Waals surface area contributed by atoms with E-state index in [1.807, 2.05) is 0 Å². The summed E-state index contributed by atoms with van der Waals surface area (Å²) in [4.78, 5) is 89.5. The van der Waals surface area contributed by atoms with E-state index in [1.54, 1.807) is 27.7 Å². The van der Waals surface area contributed by atoms with E-state index >= 15 is 0 Å². The number of fused-ring (bicyclic) bond motifs is 1. The molecule has 4 rings (SSSR count). The lowest BCUT2D eigenvalue weighted by Gasteiger charge is -2.34. The second kappa shape index (κ2) is 16.4. The number of likely N-dealkylation sites (tertiary alicyclic amines) is 1. The lowest BCUT2D eigenvalue weighted by atomic mass is 9.92. The number of amides is 5. The number of carbonyl (C=O) groups is 6. The maximum Gasteiger partial charge on any atom is 0.289 e. The van der Waals surface area contributed by atoms with Crippen molar-refractivity contribution in [2.45, 2.75) is 116 Å². The summed E-state index contributed by atoms with van der Waals surface area (Å²) in [7, 11) is 0. The number of carbonyl (C=O) groups excluding carboxylic acids is 6. The molecule has 15 heteroatoms. The summed E-state index contributed by atoms with van der Waals surface area (Å²) in [6.45, 7) is 7.28. The number of ketones is 1. The Kier molecular flexibility index (Phi) is 12.6. The predicted octanol–water partition coefficient (Wildman–Crippen LogP) is 1.77. The van der Waals surface area contributed by atoms with Crippen LogP contribution in [-0.2, 0) is 24.0 Å². The first-order valence-electron chi connectivity index (χ1n) is 16.9. The van der Waals surface area contributed by atoms with Crippen LogP contribution in [0.5, 0.6) is 0 Å². The Hall–Kier alpha value is -4.04. The number of rotatable bonds is 16. The normalized spacial score (nSPS) is 22.2. The molecule has 1 saturated heterocycles. The van der Waals surface area contributed by atoms with Gasteiger partial charge in [-0.25, -0.2) is 13.8 Å². The van der Waals surface area contributed by atoms with Crippen LogP contribution in [0.15, 0.2) is 18.6 Å². The van der Waals surface area contributed by atoms with Crippen molar-refractivity contribution in [3.8, 4) is 0 Å². The van der Waals surface area contributed by atoms with E-state index in [-0.39, 0.29) is 48.9 Å². The number of alkyl halides is 2. The summed E-state index contributed by atoms with van der Waals surface area (Å²) in [5, 5.41) is 10.7. The number of halogens is 2. The minimum atomic E-state index is -2.60. The first-order chi connectivity index (χ1) is 22.8. The molecule has 0 aromatic carbocycles. The summed E-state index contributed by atoms with van der Waals surface area (Å²) in [6.07, 6.45) is 4.51. The molecule has 48 heavy (non-hydrogen) atoms. The average molecular weight is 676 g/mol. The standard InChI is InChI=1S/C33H47F2N7O6/c1-17(2)25(40-29(44)23-15-36-13-14-37-23)30(45)41-26(18(3)4)33(48)42-16-19-7-5-8-21(19)27(42)31(46)39-22(9-6-10-24(34)35)28(43)32(47)38-20-11-12-20/h13-15,17-22,24-27H,5-12,16H2,1-4H3,(H,38,47)(H,39,46)(H,40,44)(H,41,45)/t19-,21-,22?,25+,26?,27-/m0/s1. The van der Waals surface area contributed by atoms with Crippen LogP contribution >= 0.6 is 0 Å². The van der Waals surface area contributed by atoms with Gasteiger partial charge in [-0.15, -0.1) is 0 Å². The predicted molar refractivity (Wildman–Crippen MR) is 169 cm³/mol. The van der Waals surface area contributed by atoms with Crippen molar-refractivity contribution in [1.82, 2.24) is 36.1 Å². The third kappa shape index (κ3) is 9.31. The van der Waals surface area contributed by atoms with Crippen LogP contribution in [0.1, 0.15) is 89.5 Å². The number of nitrogens with one attached hydrogen (secondary N) is 4. The van der Waals surface area contributed by atoms with Gasteiger partial charge in [0.1, 0.15) is 23.8 Å². The molecule has 3 fully saturated rings. The van der Waals surface area contributed by atoms with E-state index in [0.717, 1.165) is 25.7 Å². The van der Waals surface area contributed by atoms with E-state index < -0.39 is 78.3 Å². The van der Waals surface area contributed by atoms with Crippen LogP contribution < -0.4 is 21.3 Å². The minimum Gasteiger partial charge on any atom is -0.347 e. The Morgan fingerprint density at radius 3 is 2.21 bits per heavy atom. The molecule has 1 aliphatic heterocycles. The fraction of sp³-hybridized carbons (Fsp3) is 0.697. The second-order valence-electron chi connectivity index (χ2n) is 13.8. The third-order valence-electron chi connectivity index (χ3n) is 9.39. The molecule has 1 aromatic heterocycles. The molecule has 2 unspecified atom stereocenters. The Morgan fingerprint density at radius 2 is 1.60 bits per heavy atom. The molecular weight excluding hydrogens is 628 g/mol. The van der Waals surface area contributed by atoms with E-state index in [9.17, 15) is 37.5 Å². The largest absolute Gasteiger partial charge is 0.347 e. The van der Waals surface area contributed by atoms with Gasteiger partial charge in [-0.2, -0.15) is 0 Å². The fourth-order valence-electron chi connectivity index (χ4n) is 6.61. The van der Waals surface area contributed by atoms with Crippen LogP contribution in [0.4, 0.5) is 8.78 Å². The van der Waals surface area contributed by atoms with Crippen molar-refractivity contribution in [2.75, 3.05) is 6.54 Å². The zero-order valence-corrected chi connectivity index (χ0v) is 27.9. The highest BCUT2D eigenvalue weighted by molar-refractivity contribution is 6.38. The molecule has 0 spiro atoms. The van der Waals surface area contributed by atoms with Crippen molar-refractivity contribution < 1.29 is 37.5 Å². The molecule has 2 aliphatic carbocycles. The quantitative estimate of drug-likeness (QED) is 0.192. The Balaban J connectivity index is 1.51. The van der Waals surface area contributed by atoms with Gasteiger partial charge in [0.25, 0.3) is 11.8 Å². The molecule has 3 aliphatic rings. The maximum absolute atomic E-state index is 14.2. The molecule has 264 valence electrons. The molecule has 0 bridgehead atoms. The molecular formula is C33H47F2N7O6. The van der Waals surface area contributed by atoms with Gasteiger partial charge in [0, 0.05) is 31.4 Å². The minimum absolute atomic E-state index is 0.0223. The number of nitrogens with zero attached hydrogens (tertiary/aromatic N) is 3. The van der Waals surface area contributed by atoms with Crippen LogP contribution in [0, 0.1) is 23.7 Å². The molecule has 5 amide bonds. The molecule has 4 N–H and O–H groups in total. The van der Waals surface area contributed by atoms with Gasteiger partial charge >= 0.3 is 0 Å². The summed E-state index contributed by atoms with van der Waals surface area (Å²) >= 11 is 0. The molecule has 2 heterocycles. The monoisotopic (exact) mass is 675 g/mol. The second-order valence-corrected chi connectivity index (χ2v) is 13.8. The number of Topliss-reactive ketones (excluding diaryl/α,β-unsaturated/α-hetero) is 1. The number of hydrogen-bond donors (Lipinski definition) is 4. The summed E-state index contributed by atoms with van der Waals surface area (Å²) in [5.74, 6) is -5.00. The zero-order chi connectivity index (χ0) is 35.1. The first kappa shape index (κ1) is 36.8. The van der Waals surface area contributed by atoms with Gasteiger partial charge in [-0.3, -0.25) is 33.8 Å². The van der Waals surface area contributed by atoms with Gasteiger partial charge in [0.15, 0.2) is 0 Å². The highest BCUT2D eigenvalue weighted by Crippen LogP contribution is 2.42. The lowest BCUT2D eigenvalue weighted by molar-refractivity contribution is -0.145. The van der Waals surface area contributed by atoms with Crippen molar-refractivity contribution in [3.63, 3.8) is 0 Å². The van der Waals surface area contributed by atoms with Gasteiger partial charge in [-0.05, 0) is 62.2 Å². The first-order valence-corrected chi connectivity index (χ1v) is 16.9. The van der Waals surface area contributed by atoms with Crippen LogP contribution in [0.25, 0.3) is 0 Å². The number of hydrogen-bond acceptors (Lipinski definition) is 8. The molecule has 6 atom stereocenters. The van der Waals surface area contributed by atoms with Crippen LogP contribution in [0.3, 0.4) is 0 Å². The van der Waals surface area contributed by atoms with Crippen molar-refractivity contribution >= 4 is 35.3 Å². The van der Waals surface area contributed by atoms with Crippen LogP contribution in [-0.4, -0.2) is 93.4 Å². The fourth-order valence-corrected chi connectivity index (χ4v) is 6.61. The van der Waals surface area contributed by atoms with Gasteiger partial charge < -0.3 is 26.2 Å². The average Bonchev–Trinajstić information content (AvgIpc) is 3.61. The van der Waals surface area contributed by atoms with Crippen molar-refractivity contribution in [3.05, 3.63) is 24.3 Å². The Labute approximate surface area is 279 Å². The van der Waals surface area contributed by atoms with Gasteiger partial charge in [0.2, 0.25) is 29.9 Å². The van der Waals surface area contributed by atoms with E-state index in [0.29, 0.717) is 6.42 Å². The number of aromatic nitrogens is 2. The van der Waals surface area contributed by atoms with Crippen LogP contribution in [0.2, 0.25) is 0 Å². The summed E-state index contributed by atoms with van der Waals surface area (Å²) in [6, 6.07) is -4.46. The SMILES string of the molecule is CC(C)C(NC(=O)[C@H](NC(=O)c1cnccn1)C(C)C)C(=O)N1C[C@@H]2CCC[C@@H]2[C@H]1C(=O)NC(CCCC(F)F)C(=O)C(=O)NC1CC1. The van der Waals surface area contributed by atoms with Gasteiger partial charge in [0.05, 0.1) is 12.2 Å². The maximum atomic E-state index is 14.2. The van der Waals surface area contributed by atoms with E-state index in [1.165, 1.54) is 23.5 Å². The molecule has 13 nitrogen and oxygen atoms in total. The topological polar surface area (TPSA) is 180 Å². The summed E-state index contributed by atoms with van der Waals surface area (Å²) in [5.41, 5.74) is 0.0286. The lowest BCUT2D eigenvalue weighted by Crippen LogP contribution is -2.60. The smallest absolute Gasteiger partial charge is 0.289 e. The summed E-state index contributed by atoms with van der Waals surface area (Å²) < 4.78 is 25.9. The highest BCUT2D eigenvalue weighted by Gasteiger charge is 2.51. The van der Waals surface area contributed by atoms with E-state index in [2.05, 4.69) is 31.2 Å². The molecule has 0 radical (unpaired) electrons. The van der Waals surface area contributed by atoms with E-state index in [4.69, 9.17) is 0 Å². The molecule has 2 saturated carbocycles. The Bertz CT molecular complexity index is 1340. The third-order valence-corrected chi connectivity index (χ3v) is 9.39. The Morgan fingerprint density at radius 1 is 0.896 bits per heavy atom. The zero-order valence-electron chi connectivity index (χ0n) is 27.9. The highest BCUT2D eigenvalue weighted by atomic mass is 19.3. The van der Waals surface area contributed by atoms with Crippen molar-refractivity contribution in [2.24, 2.45) is 23.7 Å².